The maximum atomic E-state index is 4.68. The summed E-state index contributed by atoms with van der Waals surface area (Å²) in [4.78, 5) is 8.52. The van der Waals surface area contributed by atoms with Crippen molar-refractivity contribution in [2.75, 3.05) is 5.32 Å². The van der Waals surface area contributed by atoms with Crippen molar-refractivity contribution in [2.45, 2.75) is 18.8 Å². The van der Waals surface area contributed by atoms with Gasteiger partial charge in [0.25, 0.3) is 0 Å². The van der Waals surface area contributed by atoms with Gasteiger partial charge >= 0.3 is 0 Å². The number of benzene rings is 1. The van der Waals surface area contributed by atoms with Crippen LogP contribution in [0.4, 0.5) is 11.5 Å². The number of aromatic amines is 1. The predicted molar refractivity (Wildman–Crippen MR) is 87.7 cm³/mol. The molecule has 1 aliphatic carbocycles. The van der Waals surface area contributed by atoms with E-state index in [4.69, 9.17) is 0 Å². The van der Waals surface area contributed by atoms with Crippen molar-refractivity contribution in [3.8, 4) is 0 Å². The van der Waals surface area contributed by atoms with Crippen LogP contribution in [0.3, 0.4) is 0 Å². The van der Waals surface area contributed by atoms with Crippen LogP contribution in [-0.4, -0.2) is 29.9 Å². The highest BCUT2D eigenvalue weighted by atomic mass is 15.3. The molecular weight excluding hydrogens is 290 g/mol. The second-order valence-electron chi connectivity index (χ2n) is 5.97. The molecule has 0 spiro atoms. The second kappa shape index (κ2) is 4.52. The molecule has 7 heteroatoms. The molecule has 5 rings (SSSR count). The van der Waals surface area contributed by atoms with Gasteiger partial charge in [-0.2, -0.15) is 10.2 Å². The Balaban J connectivity index is 1.57. The minimum Gasteiger partial charge on any atom is -0.337 e. The third-order valence-electron chi connectivity index (χ3n) is 4.30. The fourth-order valence-corrected chi connectivity index (χ4v) is 3.00. The van der Waals surface area contributed by atoms with E-state index in [-0.39, 0.29) is 0 Å². The standard InChI is InChI=1S/C16H15N7/c1-23-12-8-10(4-5-11(12)13(22-23)9-2-3-9)19-16-14-15(20-21-16)18-7-6-17-14/h4-9H,2-3H2,1H3,(H2,18,19,20,21). The van der Waals surface area contributed by atoms with E-state index in [2.05, 4.69) is 48.8 Å². The summed E-state index contributed by atoms with van der Waals surface area (Å²) in [6.45, 7) is 0. The number of anilines is 2. The van der Waals surface area contributed by atoms with E-state index in [1.54, 1.807) is 12.4 Å². The molecule has 1 aliphatic rings. The summed E-state index contributed by atoms with van der Waals surface area (Å²) in [5.41, 5.74) is 4.72. The summed E-state index contributed by atoms with van der Waals surface area (Å²) in [7, 11) is 1.99. The monoisotopic (exact) mass is 305 g/mol. The van der Waals surface area contributed by atoms with Gasteiger partial charge in [-0.05, 0) is 31.0 Å². The van der Waals surface area contributed by atoms with Crippen LogP contribution >= 0.6 is 0 Å². The van der Waals surface area contributed by atoms with E-state index in [1.165, 1.54) is 23.9 Å². The average molecular weight is 305 g/mol. The largest absolute Gasteiger partial charge is 0.337 e. The molecule has 0 radical (unpaired) electrons. The summed E-state index contributed by atoms with van der Waals surface area (Å²) in [5.74, 6) is 1.32. The number of fused-ring (bicyclic) bond motifs is 2. The fraction of sp³-hybridized carbons (Fsp3) is 0.250. The molecule has 7 nitrogen and oxygen atoms in total. The van der Waals surface area contributed by atoms with Crippen molar-refractivity contribution in [1.29, 1.82) is 0 Å². The van der Waals surface area contributed by atoms with Crippen LogP contribution in [-0.2, 0) is 7.05 Å². The molecule has 0 saturated heterocycles. The summed E-state index contributed by atoms with van der Waals surface area (Å²) in [6.07, 6.45) is 5.81. The quantitative estimate of drug-likeness (QED) is 0.608. The van der Waals surface area contributed by atoms with Crippen LogP contribution in [0.15, 0.2) is 30.6 Å². The van der Waals surface area contributed by atoms with E-state index < -0.39 is 0 Å². The normalized spacial score (nSPS) is 14.7. The Hall–Kier alpha value is -2.96. The molecule has 4 aromatic rings. The van der Waals surface area contributed by atoms with E-state index in [0.717, 1.165) is 16.7 Å². The molecule has 0 unspecified atom stereocenters. The van der Waals surface area contributed by atoms with Gasteiger partial charge in [0.1, 0.15) is 0 Å². The number of nitrogens with one attached hydrogen (secondary N) is 2. The first-order valence-corrected chi connectivity index (χ1v) is 7.68. The molecule has 1 fully saturated rings. The van der Waals surface area contributed by atoms with Gasteiger partial charge in [-0.25, -0.2) is 9.97 Å². The number of H-pyrrole nitrogens is 1. The first kappa shape index (κ1) is 12.6. The second-order valence-corrected chi connectivity index (χ2v) is 5.97. The first-order valence-electron chi connectivity index (χ1n) is 7.68. The SMILES string of the molecule is Cn1nc(C2CC2)c2ccc(Nc3n[nH]c4nccnc34)cc21. The fourth-order valence-electron chi connectivity index (χ4n) is 3.00. The van der Waals surface area contributed by atoms with E-state index in [9.17, 15) is 0 Å². The predicted octanol–water partition coefficient (Wildman–Crippen LogP) is 2.86. The van der Waals surface area contributed by atoms with Crippen molar-refractivity contribution in [1.82, 2.24) is 29.9 Å². The number of hydrogen-bond acceptors (Lipinski definition) is 5. The Kier molecular flexibility index (Phi) is 2.47. The number of aryl methyl sites for hydroxylation is 1. The zero-order valence-corrected chi connectivity index (χ0v) is 12.6. The van der Waals surface area contributed by atoms with E-state index in [1.807, 2.05) is 11.7 Å². The molecule has 23 heavy (non-hydrogen) atoms. The van der Waals surface area contributed by atoms with Crippen LogP contribution in [0.2, 0.25) is 0 Å². The van der Waals surface area contributed by atoms with Crippen molar-refractivity contribution in [3.05, 3.63) is 36.3 Å². The van der Waals surface area contributed by atoms with Crippen LogP contribution in [0, 0.1) is 0 Å². The Labute approximate surface area is 131 Å². The molecule has 0 bridgehead atoms. The lowest BCUT2D eigenvalue weighted by molar-refractivity contribution is 0.767. The molecule has 3 aromatic heterocycles. The van der Waals surface area contributed by atoms with Crippen LogP contribution < -0.4 is 5.32 Å². The molecule has 0 aliphatic heterocycles. The van der Waals surface area contributed by atoms with Gasteiger partial charge in [-0.15, -0.1) is 0 Å². The highest BCUT2D eigenvalue weighted by molar-refractivity contribution is 5.89. The maximum absolute atomic E-state index is 4.68. The number of rotatable bonds is 3. The van der Waals surface area contributed by atoms with Gasteiger partial charge in [0, 0.05) is 36.4 Å². The highest BCUT2D eigenvalue weighted by Gasteiger charge is 2.28. The van der Waals surface area contributed by atoms with Crippen LogP contribution in [0.25, 0.3) is 22.1 Å². The van der Waals surface area contributed by atoms with Crippen LogP contribution in [0.1, 0.15) is 24.5 Å². The molecule has 2 N–H and O–H groups in total. The van der Waals surface area contributed by atoms with Crippen molar-refractivity contribution in [3.63, 3.8) is 0 Å². The lowest BCUT2D eigenvalue weighted by Crippen LogP contribution is -1.94. The zero-order chi connectivity index (χ0) is 15.4. The lowest BCUT2D eigenvalue weighted by atomic mass is 10.1. The highest BCUT2D eigenvalue weighted by Crippen LogP contribution is 2.42. The maximum Gasteiger partial charge on any atom is 0.180 e. The minimum atomic E-state index is 0.642. The molecule has 1 aromatic carbocycles. The van der Waals surface area contributed by atoms with Crippen molar-refractivity contribution in [2.24, 2.45) is 7.05 Å². The molecule has 114 valence electrons. The van der Waals surface area contributed by atoms with Gasteiger partial charge in [0.05, 0.1) is 11.2 Å². The third kappa shape index (κ3) is 1.97. The zero-order valence-electron chi connectivity index (χ0n) is 12.6. The molecular formula is C16H15N7. The Bertz CT molecular complexity index is 1030. The first-order chi connectivity index (χ1) is 11.3. The van der Waals surface area contributed by atoms with Crippen LogP contribution in [0.5, 0.6) is 0 Å². The van der Waals surface area contributed by atoms with Gasteiger partial charge in [-0.3, -0.25) is 9.78 Å². The van der Waals surface area contributed by atoms with Gasteiger partial charge in [0.2, 0.25) is 0 Å². The Morgan fingerprint density at radius 3 is 2.96 bits per heavy atom. The van der Waals surface area contributed by atoms with Gasteiger partial charge < -0.3 is 5.32 Å². The van der Waals surface area contributed by atoms with Crippen molar-refractivity contribution >= 4 is 33.6 Å². The summed E-state index contributed by atoms with van der Waals surface area (Å²) in [6, 6.07) is 6.30. The Morgan fingerprint density at radius 2 is 2.09 bits per heavy atom. The molecule has 1 saturated carbocycles. The number of nitrogens with zero attached hydrogens (tertiary/aromatic N) is 5. The number of aromatic nitrogens is 6. The smallest absolute Gasteiger partial charge is 0.180 e. The third-order valence-corrected chi connectivity index (χ3v) is 4.30. The Morgan fingerprint density at radius 1 is 1.22 bits per heavy atom. The van der Waals surface area contributed by atoms with Crippen molar-refractivity contribution < 1.29 is 0 Å². The molecule has 0 atom stereocenters. The summed E-state index contributed by atoms with van der Waals surface area (Å²) < 4.78 is 1.95. The molecule has 3 heterocycles. The number of hydrogen-bond donors (Lipinski definition) is 2. The minimum absolute atomic E-state index is 0.642. The van der Waals surface area contributed by atoms with E-state index in [0.29, 0.717) is 17.4 Å². The van der Waals surface area contributed by atoms with E-state index >= 15 is 0 Å². The molecule has 0 amide bonds. The van der Waals surface area contributed by atoms with Gasteiger partial charge in [-0.1, -0.05) is 0 Å². The lowest BCUT2D eigenvalue weighted by Gasteiger charge is -2.04. The van der Waals surface area contributed by atoms with Gasteiger partial charge in [0.15, 0.2) is 17.0 Å². The summed E-state index contributed by atoms with van der Waals surface area (Å²) >= 11 is 0. The summed E-state index contributed by atoms with van der Waals surface area (Å²) in [5, 5.41) is 16.4. The average Bonchev–Trinajstić information content (AvgIpc) is 3.27. The topological polar surface area (TPSA) is 84.3 Å².